The third-order valence-corrected chi connectivity index (χ3v) is 2.90. The normalized spacial score (nSPS) is 13.2. The standard InChI is InChI=1S/C13H30O3Si/c1-10(2)7-14-13(17,15-8-11(3)4)16-9-12(5)6/h10-12H,7-9H2,1-6,17H3. The molecule has 0 radical (unpaired) electrons. The Morgan fingerprint density at radius 2 is 0.941 bits per heavy atom. The van der Waals surface area contributed by atoms with Gasteiger partial charge in [-0.1, -0.05) is 41.5 Å². The van der Waals surface area contributed by atoms with E-state index in [-0.39, 0.29) is 0 Å². The third kappa shape index (κ3) is 9.77. The largest absolute Gasteiger partial charge is 0.332 e. The van der Waals surface area contributed by atoms with Crippen LogP contribution in [-0.4, -0.2) is 35.7 Å². The van der Waals surface area contributed by atoms with Crippen molar-refractivity contribution in [3.05, 3.63) is 0 Å². The predicted octanol–water partition coefficient (Wildman–Crippen LogP) is 1.98. The van der Waals surface area contributed by atoms with Crippen LogP contribution in [0.3, 0.4) is 0 Å². The van der Waals surface area contributed by atoms with Crippen LogP contribution in [0, 0.1) is 17.8 Å². The maximum atomic E-state index is 5.81. The molecule has 0 aliphatic carbocycles. The number of hydrogen-bond acceptors (Lipinski definition) is 3. The van der Waals surface area contributed by atoms with Crippen LogP contribution in [0.25, 0.3) is 0 Å². The Balaban J connectivity index is 4.23. The van der Waals surface area contributed by atoms with Crippen molar-refractivity contribution >= 4 is 10.2 Å². The van der Waals surface area contributed by atoms with Crippen LogP contribution in [0.2, 0.25) is 0 Å². The fourth-order valence-corrected chi connectivity index (χ4v) is 1.58. The first-order valence-electron chi connectivity index (χ1n) is 6.67. The van der Waals surface area contributed by atoms with Crippen molar-refractivity contribution in [2.75, 3.05) is 19.8 Å². The summed E-state index contributed by atoms with van der Waals surface area (Å²) in [4.78, 5) is 0. The van der Waals surface area contributed by atoms with E-state index in [4.69, 9.17) is 14.2 Å². The highest BCUT2D eigenvalue weighted by Crippen LogP contribution is 2.15. The van der Waals surface area contributed by atoms with Crippen LogP contribution < -0.4 is 0 Å². The van der Waals surface area contributed by atoms with Gasteiger partial charge in [-0.3, -0.25) is 0 Å². The molecule has 104 valence electrons. The van der Waals surface area contributed by atoms with Gasteiger partial charge in [-0.15, -0.1) is 0 Å². The van der Waals surface area contributed by atoms with Gasteiger partial charge in [0.1, 0.15) is 10.2 Å². The molecule has 0 aliphatic rings. The van der Waals surface area contributed by atoms with E-state index < -0.39 is 5.60 Å². The molecular formula is C13H30O3Si. The second kappa shape index (κ2) is 8.24. The Labute approximate surface area is 110 Å². The Morgan fingerprint density at radius 3 is 1.12 bits per heavy atom. The van der Waals surface area contributed by atoms with Crippen molar-refractivity contribution in [1.29, 1.82) is 0 Å². The zero-order valence-electron chi connectivity index (χ0n) is 12.6. The molecule has 0 bridgehead atoms. The van der Waals surface area contributed by atoms with Gasteiger partial charge in [-0.25, -0.2) is 0 Å². The zero-order chi connectivity index (χ0) is 13.5. The first-order valence-corrected chi connectivity index (χ1v) is 7.67. The minimum absolute atomic E-state index is 0.494. The average molecular weight is 262 g/mol. The molecule has 0 aromatic rings. The Morgan fingerprint density at radius 1 is 0.706 bits per heavy atom. The highest BCUT2D eigenvalue weighted by molar-refractivity contribution is 6.12. The van der Waals surface area contributed by atoms with Crippen molar-refractivity contribution in [2.24, 2.45) is 17.8 Å². The van der Waals surface area contributed by atoms with Gasteiger partial charge < -0.3 is 14.2 Å². The van der Waals surface area contributed by atoms with Crippen LogP contribution in [0.1, 0.15) is 41.5 Å². The molecule has 0 spiro atoms. The molecule has 17 heavy (non-hydrogen) atoms. The van der Waals surface area contributed by atoms with Crippen molar-refractivity contribution in [3.8, 4) is 0 Å². The summed E-state index contributed by atoms with van der Waals surface area (Å²) in [5, 5.41) is 0. The van der Waals surface area contributed by atoms with Gasteiger partial charge in [-0.2, -0.15) is 0 Å². The third-order valence-electron chi connectivity index (χ3n) is 2.04. The topological polar surface area (TPSA) is 27.7 Å². The maximum Gasteiger partial charge on any atom is 0.245 e. The first-order chi connectivity index (χ1) is 7.75. The summed E-state index contributed by atoms with van der Waals surface area (Å²) in [7, 11) is 0.718. The van der Waals surface area contributed by atoms with Crippen LogP contribution in [0.15, 0.2) is 0 Å². The fraction of sp³-hybridized carbons (Fsp3) is 1.00. The van der Waals surface area contributed by atoms with E-state index >= 15 is 0 Å². The van der Waals surface area contributed by atoms with Gasteiger partial charge >= 0.3 is 0 Å². The van der Waals surface area contributed by atoms with Crippen molar-refractivity contribution in [3.63, 3.8) is 0 Å². The molecule has 0 rings (SSSR count). The molecule has 0 aliphatic heterocycles. The average Bonchev–Trinajstić information content (AvgIpc) is 2.21. The molecule has 0 atom stereocenters. The summed E-state index contributed by atoms with van der Waals surface area (Å²) in [5.41, 5.74) is -0.765. The van der Waals surface area contributed by atoms with Crippen molar-refractivity contribution in [2.45, 2.75) is 47.1 Å². The zero-order valence-corrected chi connectivity index (χ0v) is 14.6. The molecule has 0 heterocycles. The SMILES string of the molecule is CC(C)COC([SiH3])(OCC(C)C)OCC(C)C. The molecular weight excluding hydrogens is 232 g/mol. The van der Waals surface area contributed by atoms with Crippen LogP contribution in [-0.2, 0) is 14.2 Å². The maximum absolute atomic E-state index is 5.81. The van der Waals surface area contributed by atoms with Gasteiger partial charge in [0.2, 0.25) is 5.60 Å². The summed E-state index contributed by atoms with van der Waals surface area (Å²) in [6, 6.07) is 0. The highest BCUT2D eigenvalue weighted by atomic mass is 28.1. The molecule has 4 heteroatoms. The lowest BCUT2D eigenvalue weighted by Crippen LogP contribution is -2.42. The summed E-state index contributed by atoms with van der Waals surface area (Å²) in [6.07, 6.45) is 0. The second-order valence-electron chi connectivity index (χ2n) is 5.98. The fourth-order valence-electron chi connectivity index (χ4n) is 1.08. The van der Waals surface area contributed by atoms with Gasteiger partial charge in [0.05, 0.1) is 19.8 Å². The van der Waals surface area contributed by atoms with E-state index in [1.165, 1.54) is 0 Å². The summed E-state index contributed by atoms with van der Waals surface area (Å²) in [6.45, 7) is 14.8. The second-order valence-corrected chi connectivity index (χ2v) is 7.20. The van der Waals surface area contributed by atoms with Crippen molar-refractivity contribution < 1.29 is 14.2 Å². The molecule has 0 N–H and O–H groups in total. The Hall–Kier alpha value is 0.0969. The summed E-state index contributed by atoms with van der Waals surface area (Å²) < 4.78 is 17.4. The molecule has 0 amide bonds. The molecule has 0 aromatic carbocycles. The lowest BCUT2D eigenvalue weighted by Gasteiger charge is -2.32. The molecule has 3 nitrogen and oxygen atoms in total. The van der Waals surface area contributed by atoms with E-state index in [0.717, 1.165) is 10.2 Å². The van der Waals surface area contributed by atoms with Gasteiger partial charge in [0.25, 0.3) is 0 Å². The summed E-state index contributed by atoms with van der Waals surface area (Å²) >= 11 is 0. The van der Waals surface area contributed by atoms with Gasteiger partial charge in [0.15, 0.2) is 0 Å². The van der Waals surface area contributed by atoms with Crippen molar-refractivity contribution in [1.82, 2.24) is 0 Å². The predicted molar refractivity (Wildman–Crippen MR) is 75.0 cm³/mol. The number of hydrogen-bond donors (Lipinski definition) is 0. The van der Waals surface area contributed by atoms with Crippen LogP contribution >= 0.6 is 0 Å². The smallest absolute Gasteiger partial charge is 0.245 e. The van der Waals surface area contributed by atoms with Crippen LogP contribution in [0.5, 0.6) is 0 Å². The van der Waals surface area contributed by atoms with Gasteiger partial charge in [-0.05, 0) is 17.8 Å². The van der Waals surface area contributed by atoms with E-state index in [1.54, 1.807) is 0 Å². The quantitative estimate of drug-likeness (QED) is 0.470. The monoisotopic (exact) mass is 262 g/mol. The number of rotatable bonds is 9. The molecule has 0 fully saturated rings. The summed E-state index contributed by atoms with van der Waals surface area (Å²) in [5.74, 6) is 1.48. The Kier molecular flexibility index (Phi) is 8.29. The molecule has 0 saturated carbocycles. The lowest BCUT2D eigenvalue weighted by atomic mass is 10.2. The first kappa shape index (κ1) is 17.1. The van der Waals surface area contributed by atoms with E-state index in [1.807, 2.05) is 0 Å². The molecule has 0 aromatic heterocycles. The minimum atomic E-state index is -0.765. The highest BCUT2D eigenvalue weighted by Gasteiger charge is 2.27. The van der Waals surface area contributed by atoms with E-state index in [0.29, 0.717) is 37.6 Å². The van der Waals surface area contributed by atoms with Crippen LogP contribution in [0.4, 0.5) is 0 Å². The molecule has 0 saturated heterocycles. The van der Waals surface area contributed by atoms with E-state index in [2.05, 4.69) is 41.5 Å². The number of ether oxygens (including phenoxy) is 3. The lowest BCUT2D eigenvalue weighted by molar-refractivity contribution is -0.332. The van der Waals surface area contributed by atoms with E-state index in [9.17, 15) is 0 Å². The van der Waals surface area contributed by atoms with Gasteiger partial charge in [0, 0.05) is 0 Å². The molecule has 0 unspecified atom stereocenters. The Bertz CT molecular complexity index is 162. The minimum Gasteiger partial charge on any atom is -0.332 e.